The van der Waals surface area contributed by atoms with Crippen LogP contribution in [0.3, 0.4) is 0 Å². The van der Waals surface area contributed by atoms with Gasteiger partial charge < -0.3 is 5.11 Å². The third kappa shape index (κ3) is 3.25. The number of nitrogens with zero attached hydrogens (tertiary/aromatic N) is 2. The quantitative estimate of drug-likeness (QED) is 0.880. The summed E-state index contributed by atoms with van der Waals surface area (Å²) >= 11 is 9.51. The summed E-state index contributed by atoms with van der Waals surface area (Å²) < 4.78 is 3.02. The molecule has 0 saturated carbocycles. The summed E-state index contributed by atoms with van der Waals surface area (Å²) in [6.07, 6.45) is 0.743. The molecule has 5 heteroatoms. The average Bonchev–Trinajstić information content (AvgIpc) is 2.73. The predicted molar refractivity (Wildman–Crippen MR) is 85.3 cm³/mol. The third-order valence-electron chi connectivity index (χ3n) is 3.45. The molecule has 1 unspecified atom stereocenters. The number of halogens is 2. The molecular formula is C15H18BrClN2O. The van der Waals surface area contributed by atoms with Crippen LogP contribution in [0.1, 0.15) is 29.8 Å². The Labute approximate surface area is 132 Å². The van der Waals surface area contributed by atoms with Crippen LogP contribution in [0.2, 0.25) is 5.02 Å². The second-order valence-electron chi connectivity index (χ2n) is 4.80. The zero-order chi connectivity index (χ0) is 14.7. The zero-order valence-electron chi connectivity index (χ0n) is 11.6. The summed E-state index contributed by atoms with van der Waals surface area (Å²) in [4.78, 5) is 0. The molecule has 1 heterocycles. The molecule has 0 saturated heterocycles. The maximum absolute atomic E-state index is 9.69. The van der Waals surface area contributed by atoms with Crippen LogP contribution in [-0.4, -0.2) is 21.5 Å². The Morgan fingerprint density at radius 3 is 2.55 bits per heavy atom. The topological polar surface area (TPSA) is 38.0 Å². The van der Waals surface area contributed by atoms with E-state index in [0.717, 1.165) is 34.4 Å². The van der Waals surface area contributed by atoms with E-state index in [4.69, 9.17) is 11.6 Å². The van der Waals surface area contributed by atoms with Crippen LogP contribution in [0.4, 0.5) is 0 Å². The van der Waals surface area contributed by atoms with E-state index in [1.807, 2.05) is 35.9 Å². The Kier molecular flexibility index (Phi) is 5.24. The molecule has 1 aromatic carbocycles. The van der Waals surface area contributed by atoms with Crippen LogP contribution in [0, 0.1) is 6.92 Å². The van der Waals surface area contributed by atoms with Crippen molar-refractivity contribution in [1.82, 2.24) is 9.78 Å². The summed E-state index contributed by atoms with van der Waals surface area (Å²) in [5.74, 6) is 0.0463. The highest BCUT2D eigenvalue weighted by molar-refractivity contribution is 9.10. The molecule has 0 aliphatic rings. The summed E-state index contributed by atoms with van der Waals surface area (Å²) in [6.45, 7) is 4.97. The Morgan fingerprint density at radius 2 is 2.00 bits per heavy atom. The van der Waals surface area contributed by atoms with Gasteiger partial charge in [-0.25, -0.2) is 0 Å². The summed E-state index contributed by atoms with van der Waals surface area (Å²) in [5, 5.41) is 14.9. The fourth-order valence-corrected chi connectivity index (χ4v) is 2.89. The highest BCUT2D eigenvalue weighted by atomic mass is 79.9. The molecule has 0 spiro atoms. The van der Waals surface area contributed by atoms with Crippen molar-refractivity contribution in [2.24, 2.45) is 0 Å². The van der Waals surface area contributed by atoms with Gasteiger partial charge in [-0.2, -0.15) is 5.10 Å². The van der Waals surface area contributed by atoms with Gasteiger partial charge >= 0.3 is 0 Å². The largest absolute Gasteiger partial charge is 0.396 e. The number of aryl methyl sites for hydroxylation is 2. The third-order valence-corrected chi connectivity index (χ3v) is 4.74. The number of aliphatic hydroxyl groups excluding tert-OH is 1. The lowest BCUT2D eigenvalue weighted by Gasteiger charge is -2.16. The van der Waals surface area contributed by atoms with Crippen molar-refractivity contribution in [2.45, 2.75) is 32.7 Å². The molecule has 3 nitrogen and oxygen atoms in total. The minimum atomic E-state index is 0.0463. The van der Waals surface area contributed by atoms with Gasteiger partial charge in [0.15, 0.2) is 0 Å². The predicted octanol–water partition coefficient (Wildman–Crippen LogP) is 3.95. The van der Waals surface area contributed by atoms with Gasteiger partial charge in [-0.3, -0.25) is 4.68 Å². The number of rotatable bonds is 5. The van der Waals surface area contributed by atoms with Crippen LogP contribution in [0.25, 0.3) is 0 Å². The molecule has 0 radical (unpaired) electrons. The highest BCUT2D eigenvalue weighted by Gasteiger charge is 2.18. The minimum absolute atomic E-state index is 0.0463. The van der Waals surface area contributed by atoms with Crippen molar-refractivity contribution in [3.63, 3.8) is 0 Å². The lowest BCUT2D eigenvalue weighted by Crippen LogP contribution is -2.12. The first-order valence-electron chi connectivity index (χ1n) is 6.64. The van der Waals surface area contributed by atoms with Crippen molar-refractivity contribution in [3.8, 4) is 0 Å². The van der Waals surface area contributed by atoms with Crippen LogP contribution in [0.15, 0.2) is 28.7 Å². The monoisotopic (exact) mass is 356 g/mol. The van der Waals surface area contributed by atoms with Crippen LogP contribution in [0.5, 0.6) is 0 Å². The maximum atomic E-state index is 9.69. The van der Waals surface area contributed by atoms with Crippen molar-refractivity contribution in [1.29, 1.82) is 0 Å². The average molecular weight is 358 g/mol. The molecule has 0 amide bonds. The van der Waals surface area contributed by atoms with Crippen LogP contribution >= 0.6 is 27.5 Å². The second kappa shape index (κ2) is 6.74. The van der Waals surface area contributed by atoms with Gasteiger partial charge in [-0.15, -0.1) is 0 Å². The SMILES string of the molecule is CCn1nc(C)c(Br)c1CC(CO)c1ccc(Cl)cc1. The molecule has 0 aliphatic carbocycles. The Morgan fingerprint density at radius 1 is 1.35 bits per heavy atom. The molecule has 0 fully saturated rings. The lowest BCUT2D eigenvalue weighted by molar-refractivity contribution is 0.262. The molecule has 20 heavy (non-hydrogen) atoms. The fraction of sp³-hybridized carbons (Fsp3) is 0.400. The molecular weight excluding hydrogens is 340 g/mol. The van der Waals surface area contributed by atoms with E-state index in [9.17, 15) is 5.11 Å². The minimum Gasteiger partial charge on any atom is -0.396 e. The van der Waals surface area contributed by atoms with Gasteiger partial charge in [0.05, 0.1) is 22.5 Å². The molecule has 2 rings (SSSR count). The van der Waals surface area contributed by atoms with Crippen LogP contribution < -0.4 is 0 Å². The summed E-state index contributed by atoms with van der Waals surface area (Å²) in [7, 11) is 0. The number of aromatic nitrogens is 2. The van der Waals surface area contributed by atoms with Gasteiger partial charge in [0.25, 0.3) is 0 Å². The first-order chi connectivity index (χ1) is 9.56. The molecule has 2 aromatic rings. The smallest absolute Gasteiger partial charge is 0.0738 e. The molecule has 108 valence electrons. The maximum Gasteiger partial charge on any atom is 0.0738 e. The molecule has 0 bridgehead atoms. The van der Waals surface area contributed by atoms with E-state index in [0.29, 0.717) is 5.02 Å². The van der Waals surface area contributed by atoms with Crippen molar-refractivity contribution in [3.05, 3.63) is 50.7 Å². The van der Waals surface area contributed by atoms with E-state index in [1.54, 1.807) is 0 Å². The van der Waals surface area contributed by atoms with Crippen molar-refractivity contribution in [2.75, 3.05) is 6.61 Å². The second-order valence-corrected chi connectivity index (χ2v) is 6.03. The van der Waals surface area contributed by atoms with Crippen molar-refractivity contribution >= 4 is 27.5 Å². The number of aliphatic hydroxyl groups is 1. The first kappa shape index (κ1) is 15.5. The van der Waals surface area contributed by atoms with E-state index in [-0.39, 0.29) is 12.5 Å². The number of hydrogen-bond donors (Lipinski definition) is 1. The normalized spacial score (nSPS) is 12.7. The first-order valence-corrected chi connectivity index (χ1v) is 7.82. The Hall–Kier alpha value is -0.840. The van der Waals surface area contributed by atoms with E-state index < -0.39 is 0 Å². The Balaban J connectivity index is 2.28. The van der Waals surface area contributed by atoms with Gasteiger partial charge in [-0.1, -0.05) is 23.7 Å². The summed E-state index contributed by atoms with van der Waals surface area (Å²) in [6, 6.07) is 7.65. The molecule has 1 aromatic heterocycles. The molecule has 1 N–H and O–H groups in total. The summed E-state index contributed by atoms with van der Waals surface area (Å²) in [5.41, 5.74) is 3.19. The Bertz CT molecular complexity index is 580. The number of hydrogen-bond acceptors (Lipinski definition) is 2. The van der Waals surface area contributed by atoms with Gasteiger partial charge in [-0.05, 0) is 53.9 Å². The lowest BCUT2D eigenvalue weighted by atomic mass is 9.95. The standard InChI is InChI=1S/C15H18BrClN2O/c1-3-19-14(15(16)10(2)18-19)8-12(9-20)11-4-6-13(17)7-5-11/h4-7,12,20H,3,8-9H2,1-2H3. The zero-order valence-corrected chi connectivity index (χ0v) is 13.9. The van der Waals surface area contributed by atoms with E-state index in [2.05, 4.69) is 28.0 Å². The molecule has 0 aliphatic heterocycles. The van der Waals surface area contributed by atoms with E-state index >= 15 is 0 Å². The molecule has 1 atom stereocenters. The van der Waals surface area contributed by atoms with Gasteiger partial charge in [0.1, 0.15) is 0 Å². The fourth-order valence-electron chi connectivity index (χ4n) is 2.32. The van der Waals surface area contributed by atoms with Gasteiger partial charge in [0, 0.05) is 17.5 Å². The number of benzene rings is 1. The van der Waals surface area contributed by atoms with Crippen LogP contribution in [-0.2, 0) is 13.0 Å². The van der Waals surface area contributed by atoms with Crippen molar-refractivity contribution < 1.29 is 5.11 Å². The van der Waals surface area contributed by atoms with E-state index in [1.165, 1.54) is 0 Å². The highest BCUT2D eigenvalue weighted by Crippen LogP contribution is 2.28. The van der Waals surface area contributed by atoms with Gasteiger partial charge in [0.2, 0.25) is 0 Å².